The molecule has 1 rings (SSSR count). The second kappa shape index (κ2) is 3.70. The molecule has 0 aliphatic heterocycles. The van der Waals surface area contributed by atoms with Gasteiger partial charge in [0.1, 0.15) is 0 Å². The predicted molar refractivity (Wildman–Crippen MR) is 44.0 cm³/mol. The first-order valence-electron chi connectivity index (χ1n) is 3.59. The number of phenols is 1. The molecule has 0 saturated heterocycles. The van der Waals surface area contributed by atoms with Gasteiger partial charge in [-0.3, -0.25) is 10.1 Å². The van der Waals surface area contributed by atoms with Crippen molar-refractivity contribution in [1.82, 2.24) is 0 Å². The summed E-state index contributed by atoms with van der Waals surface area (Å²) in [6.07, 6.45) is -0.273. The smallest absolute Gasteiger partial charge is 0.272 e. The van der Waals surface area contributed by atoms with Crippen molar-refractivity contribution < 1.29 is 14.4 Å². The van der Waals surface area contributed by atoms with Crippen molar-refractivity contribution in [2.24, 2.45) is 0 Å². The monoisotopic (exact) mass is 196 g/mol. The summed E-state index contributed by atoms with van der Waals surface area (Å²) in [5, 5.41) is 27.7. The normalized spacial score (nSPS) is 9.43. The third kappa shape index (κ3) is 1.77. The van der Waals surface area contributed by atoms with Crippen LogP contribution in [0.1, 0.15) is 5.56 Å². The number of nitriles is 1. The Balaban J connectivity index is 3.29. The molecule has 1 aromatic carbocycles. The minimum Gasteiger partial charge on any atom is -0.505 e. The van der Waals surface area contributed by atoms with E-state index in [9.17, 15) is 14.5 Å². The van der Waals surface area contributed by atoms with E-state index in [1.165, 1.54) is 0 Å². The van der Waals surface area contributed by atoms with Gasteiger partial charge in [0.25, 0.3) is 5.69 Å². The van der Waals surface area contributed by atoms with E-state index in [1.807, 2.05) is 0 Å². The summed E-state index contributed by atoms with van der Waals surface area (Å²) in [6.45, 7) is 0. The molecule has 0 aliphatic carbocycles. The quantitative estimate of drug-likeness (QED) is 0.573. The number of hydrogen-bond donors (Lipinski definition) is 1. The lowest BCUT2D eigenvalue weighted by molar-refractivity contribution is -0.385. The van der Waals surface area contributed by atoms with E-state index >= 15 is 0 Å². The fraction of sp³-hybridized carbons (Fsp3) is 0.125. The summed E-state index contributed by atoms with van der Waals surface area (Å²) in [5.41, 5.74) is -0.565. The van der Waals surface area contributed by atoms with Gasteiger partial charge in [-0.05, 0) is 0 Å². The molecule has 0 bridgehead atoms. The maximum absolute atomic E-state index is 12.9. The molecule has 0 heterocycles. The highest BCUT2D eigenvalue weighted by molar-refractivity contribution is 5.45. The first-order chi connectivity index (χ1) is 6.56. The molecule has 1 N–H and O–H groups in total. The average Bonchev–Trinajstić information content (AvgIpc) is 2.12. The molecule has 0 saturated carbocycles. The van der Waals surface area contributed by atoms with Gasteiger partial charge < -0.3 is 5.11 Å². The number of benzene rings is 1. The van der Waals surface area contributed by atoms with Crippen LogP contribution in [0.2, 0.25) is 0 Å². The number of rotatable bonds is 2. The molecule has 0 aliphatic rings. The van der Waals surface area contributed by atoms with Gasteiger partial charge in [-0.1, -0.05) is 0 Å². The number of phenolic OH excluding ortho intramolecular Hbond substituents is 1. The first-order valence-corrected chi connectivity index (χ1v) is 3.59. The fourth-order valence-electron chi connectivity index (χ4n) is 0.965. The molecule has 0 radical (unpaired) electrons. The Hall–Kier alpha value is -2.16. The van der Waals surface area contributed by atoms with Gasteiger partial charge in [0, 0.05) is 11.6 Å². The number of nitro benzene ring substituents is 1. The number of hydrogen-bond acceptors (Lipinski definition) is 4. The second-order valence-corrected chi connectivity index (χ2v) is 2.53. The van der Waals surface area contributed by atoms with Gasteiger partial charge >= 0.3 is 0 Å². The summed E-state index contributed by atoms with van der Waals surface area (Å²) in [4.78, 5) is 9.51. The Bertz CT molecular complexity index is 425. The summed E-state index contributed by atoms with van der Waals surface area (Å²) < 4.78 is 12.9. The van der Waals surface area contributed by atoms with Gasteiger partial charge in [0.15, 0.2) is 11.6 Å². The Morgan fingerprint density at radius 3 is 2.79 bits per heavy atom. The Morgan fingerprint density at radius 2 is 2.29 bits per heavy atom. The fourth-order valence-corrected chi connectivity index (χ4v) is 0.965. The van der Waals surface area contributed by atoms with Crippen LogP contribution in [0.15, 0.2) is 12.1 Å². The van der Waals surface area contributed by atoms with E-state index in [4.69, 9.17) is 10.4 Å². The van der Waals surface area contributed by atoms with Crippen molar-refractivity contribution in [3.8, 4) is 11.8 Å². The molecule has 6 heteroatoms. The third-order valence-electron chi connectivity index (χ3n) is 1.61. The molecule has 5 nitrogen and oxygen atoms in total. The van der Waals surface area contributed by atoms with Crippen molar-refractivity contribution in [1.29, 1.82) is 5.26 Å². The molecule has 0 atom stereocenters. The van der Waals surface area contributed by atoms with Gasteiger partial charge in [0.05, 0.1) is 23.5 Å². The Labute approximate surface area is 78.2 Å². The zero-order valence-electron chi connectivity index (χ0n) is 6.90. The van der Waals surface area contributed by atoms with Crippen LogP contribution >= 0.6 is 0 Å². The number of nitrogens with zero attached hydrogens (tertiary/aromatic N) is 2. The Morgan fingerprint density at radius 1 is 1.64 bits per heavy atom. The average molecular weight is 196 g/mol. The highest BCUT2D eigenvalue weighted by Crippen LogP contribution is 2.26. The maximum atomic E-state index is 12.9. The van der Waals surface area contributed by atoms with Crippen LogP contribution in [0.5, 0.6) is 5.75 Å². The van der Waals surface area contributed by atoms with Crippen molar-refractivity contribution in [2.45, 2.75) is 6.42 Å². The molecule has 0 fully saturated rings. The lowest BCUT2D eigenvalue weighted by Gasteiger charge is -2.00. The van der Waals surface area contributed by atoms with E-state index in [0.717, 1.165) is 6.07 Å². The molecule has 1 aromatic rings. The largest absolute Gasteiger partial charge is 0.505 e. The van der Waals surface area contributed by atoms with Crippen LogP contribution in [0.25, 0.3) is 0 Å². The van der Waals surface area contributed by atoms with Crippen LogP contribution in [0.4, 0.5) is 10.1 Å². The molecular weight excluding hydrogens is 191 g/mol. The number of nitro groups is 1. The summed E-state index contributed by atoms with van der Waals surface area (Å²) in [6, 6.07) is 3.25. The van der Waals surface area contributed by atoms with Crippen molar-refractivity contribution >= 4 is 5.69 Å². The minimum absolute atomic E-state index is 0.0841. The Kier molecular flexibility index (Phi) is 2.62. The van der Waals surface area contributed by atoms with Gasteiger partial charge in [-0.25, -0.2) is 4.39 Å². The zero-order chi connectivity index (χ0) is 10.7. The minimum atomic E-state index is -1.09. The highest BCUT2D eigenvalue weighted by atomic mass is 19.1. The number of halogens is 1. The standard InChI is InChI=1S/C8H5FN2O3/c9-7-4-6(11(13)14)3-5(1-2-10)8(7)12/h3-4,12H,1H2. The lowest BCUT2D eigenvalue weighted by atomic mass is 10.1. The number of non-ortho nitro benzene ring substituents is 1. The first kappa shape index (κ1) is 9.92. The molecule has 0 unspecified atom stereocenters. The molecule has 0 aromatic heterocycles. The summed E-state index contributed by atoms with van der Waals surface area (Å²) in [5.74, 6) is -1.80. The van der Waals surface area contributed by atoms with E-state index in [1.54, 1.807) is 6.07 Å². The number of aromatic hydroxyl groups is 1. The van der Waals surface area contributed by atoms with Crippen LogP contribution in [0.3, 0.4) is 0 Å². The van der Waals surface area contributed by atoms with E-state index in [-0.39, 0.29) is 12.0 Å². The van der Waals surface area contributed by atoms with E-state index in [0.29, 0.717) is 6.07 Å². The SMILES string of the molecule is N#CCc1cc([N+](=O)[O-])cc(F)c1O. The highest BCUT2D eigenvalue weighted by Gasteiger charge is 2.15. The predicted octanol–water partition coefficient (Wildman–Crippen LogP) is 1.51. The van der Waals surface area contributed by atoms with Gasteiger partial charge in [-0.15, -0.1) is 0 Å². The molecule has 0 spiro atoms. The van der Waals surface area contributed by atoms with Crippen LogP contribution in [0, 0.1) is 27.3 Å². The maximum Gasteiger partial charge on any atom is 0.272 e. The summed E-state index contributed by atoms with van der Waals surface area (Å²) in [7, 11) is 0. The molecule has 14 heavy (non-hydrogen) atoms. The van der Waals surface area contributed by atoms with Crippen LogP contribution in [-0.4, -0.2) is 10.0 Å². The van der Waals surface area contributed by atoms with Crippen molar-refractivity contribution in [3.63, 3.8) is 0 Å². The zero-order valence-corrected chi connectivity index (χ0v) is 6.90. The summed E-state index contributed by atoms with van der Waals surface area (Å²) >= 11 is 0. The van der Waals surface area contributed by atoms with Crippen LogP contribution < -0.4 is 0 Å². The molecular formula is C8H5FN2O3. The second-order valence-electron chi connectivity index (χ2n) is 2.53. The molecule has 0 amide bonds. The van der Waals surface area contributed by atoms with Crippen molar-refractivity contribution in [2.75, 3.05) is 0 Å². The third-order valence-corrected chi connectivity index (χ3v) is 1.61. The molecule has 72 valence electrons. The van der Waals surface area contributed by atoms with Crippen molar-refractivity contribution in [3.05, 3.63) is 33.6 Å². The lowest BCUT2D eigenvalue weighted by Crippen LogP contribution is -1.93. The van der Waals surface area contributed by atoms with E-state index in [2.05, 4.69) is 0 Å². The topological polar surface area (TPSA) is 87.2 Å². The van der Waals surface area contributed by atoms with E-state index < -0.39 is 22.2 Å². The van der Waals surface area contributed by atoms with Crippen LogP contribution in [-0.2, 0) is 6.42 Å². The van der Waals surface area contributed by atoms with Gasteiger partial charge in [0.2, 0.25) is 0 Å². The van der Waals surface area contributed by atoms with Gasteiger partial charge in [-0.2, -0.15) is 5.26 Å².